The highest BCUT2D eigenvalue weighted by atomic mass is 32.2. The van der Waals surface area contributed by atoms with E-state index in [1.807, 2.05) is 0 Å². The fourth-order valence-electron chi connectivity index (χ4n) is 2.25. The lowest BCUT2D eigenvalue weighted by Crippen LogP contribution is -1.99. The molecule has 2 heterocycles. The van der Waals surface area contributed by atoms with Gasteiger partial charge in [-0.15, -0.1) is 0 Å². The number of nitrogens with zero attached hydrogens (tertiary/aromatic N) is 3. The van der Waals surface area contributed by atoms with Crippen molar-refractivity contribution in [3.05, 3.63) is 60.7 Å². The number of sulfone groups is 1. The minimum Gasteiger partial charge on any atom is -0.299 e. The maximum absolute atomic E-state index is 13.0. The van der Waals surface area contributed by atoms with Crippen LogP contribution in [0.15, 0.2) is 59.9 Å². The van der Waals surface area contributed by atoms with Gasteiger partial charge < -0.3 is 0 Å². The van der Waals surface area contributed by atoms with Crippen LogP contribution in [-0.2, 0) is 9.84 Å². The fraction of sp³-hybridized carbons (Fsp3) is 0.125. The van der Waals surface area contributed by atoms with E-state index in [0.717, 1.165) is 6.26 Å². The molecule has 0 saturated heterocycles. The summed E-state index contributed by atoms with van der Waals surface area (Å²) in [5.41, 5.74) is 0.748. The van der Waals surface area contributed by atoms with Crippen LogP contribution in [0.1, 0.15) is 12.1 Å². The largest absolute Gasteiger partial charge is 0.299 e. The summed E-state index contributed by atoms with van der Waals surface area (Å²) in [5, 5.41) is 0. The van der Waals surface area contributed by atoms with Gasteiger partial charge in [-0.05, 0) is 36.4 Å². The van der Waals surface area contributed by atoms with Crippen molar-refractivity contribution < 1.29 is 17.2 Å². The summed E-state index contributed by atoms with van der Waals surface area (Å²) < 4.78 is 50.6. The maximum Gasteiger partial charge on any atom is 0.281 e. The molecule has 0 spiro atoms. The average Bonchev–Trinajstić information content (AvgIpc) is 3.00. The van der Waals surface area contributed by atoms with Gasteiger partial charge in [0.05, 0.1) is 4.90 Å². The molecule has 5 nitrogen and oxygen atoms in total. The Labute approximate surface area is 137 Å². The number of rotatable bonds is 4. The van der Waals surface area contributed by atoms with Gasteiger partial charge >= 0.3 is 0 Å². The molecule has 0 radical (unpaired) electrons. The molecule has 0 unspecified atom stereocenters. The zero-order valence-corrected chi connectivity index (χ0v) is 13.4. The van der Waals surface area contributed by atoms with Gasteiger partial charge in [0.1, 0.15) is 11.5 Å². The maximum atomic E-state index is 13.0. The average molecular weight is 349 g/mol. The first-order valence-electron chi connectivity index (χ1n) is 6.94. The monoisotopic (exact) mass is 349 g/mol. The Morgan fingerprint density at radius 2 is 1.83 bits per heavy atom. The van der Waals surface area contributed by atoms with Gasteiger partial charge in [0.25, 0.3) is 6.43 Å². The van der Waals surface area contributed by atoms with Crippen LogP contribution in [0, 0.1) is 0 Å². The Morgan fingerprint density at radius 1 is 1.12 bits per heavy atom. The normalized spacial score (nSPS) is 11.8. The molecule has 0 aliphatic heterocycles. The highest BCUT2D eigenvalue weighted by Crippen LogP contribution is 2.27. The highest BCUT2D eigenvalue weighted by Gasteiger charge is 2.18. The van der Waals surface area contributed by atoms with Gasteiger partial charge in [0.15, 0.2) is 9.84 Å². The van der Waals surface area contributed by atoms with Crippen molar-refractivity contribution >= 4 is 9.84 Å². The quantitative estimate of drug-likeness (QED) is 0.725. The van der Waals surface area contributed by atoms with Crippen LogP contribution >= 0.6 is 0 Å². The molecule has 8 heteroatoms. The van der Waals surface area contributed by atoms with E-state index in [-0.39, 0.29) is 10.6 Å². The van der Waals surface area contributed by atoms with Crippen molar-refractivity contribution in [2.75, 3.05) is 6.26 Å². The summed E-state index contributed by atoms with van der Waals surface area (Å²) in [6.45, 7) is 0. The fourth-order valence-corrected chi connectivity index (χ4v) is 2.88. The SMILES string of the molecule is CS(=O)(=O)c1ccc(-n2cc(C(F)F)nc2-c2cccnc2)cc1. The van der Waals surface area contributed by atoms with Gasteiger partial charge in [-0.2, -0.15) is 0 Å². The summed E-state index contributed by atoms with van der Waals surface area (Å²) in [6.07, 6.45) is 2.74. The number of hydrogen-bond acceptors (Lipinski definition) is 4. The second-order valence-corrected chi connectivity index (χ2v) is 7.18. The van der Waals surface area contributed by atoms with Gasteiger partial charge in [-0.1, -0.05) is 0 Å². The number of benzene rings is 1. The molecule has 2 aromatic heterocycles. The van der Waals surface area contributed by atoms with E-state index in [9.17, 15) is 17.2 Å². The second kappa shape index (κ2) is 6.12. The summed E-state index contributed by atoms with van der Waals surface area (Å²) in [7, 11) is -3.33. The first-order valence-corrected chi connectivity index (χ1v) is 8.84. The number of aromatic nitrogens is 3. The molecule has 3 rings (SSSR count). The van der Waals surface area contributed by atoms with Crippen molar-refractivity contribution in [2.24, 2.45) is 0 Å². The molecule has 0 bridgehead atoms. The van der Waals surface area contributed by atoms with Crippen LogP contribution in [-0.4, -0.2) is 29.2 Å². The minimum atomic E-state index is -3.33. The number of halogens is 2. The predicted molar refractivity (Wildman–Crippen MR) is 84.9 cm³/mol. The zero-order valence-electron chi connectivity index (χ0n) is 12.6. The van der Waals surface area contributed by atoms with Crippen LogP contribution in [0.5, 0.6) is 0 Å². The number of hydrogen-bond donors (Lipinski definition) is 0. The van der Waals surface area contributed by atoms with Crippen LogP contribution in [0.25, 0.3) is 17.1 Å². The Balaban J connectivity index is 2.13. The van der Waals surface area contributed by atoms with E-state index in [0.29, 0.717) is 17.1 Å². The van der Waals surface area contributed by atoms with Crippen LogP contribution in [0.2, 0.25) is 0 Å². The van der Waals surface area contributed by atoms with E-state index < -0.39 is 16.3 Å². The van der Waals surface area contributed by atoms with Gasteiger partial charge in [-0.25, -0.2) is 22.2 Å². The lowest BCUT2D eigenvalue weighted by Gasteiger charge is -2.08. The molecule has 0 aliphatic carbocycles. The lowest BCUT2D eigenvalue weighted by molar-refractivity contribution is 0.146. The number of alkyl halides is 2. The molecule has 0 N–H and O–H groups in total. The van der Waals surface area contributed by atoms with E-state index in [1.54, 1.807) is 30.5 Å². The molecule has 124 valence electrons. The molecule has 3 aromatic rings. The molecular formula is C16H13F2N3O2S. The van der Waals surface area contributed by atoms with Gasteiger partial charge in [0.2, 0.25) is 0 Å². The van der Waals surface area contributed by atoms with Crippen molar-refractivity contribution in [1.29, 1.82) is 0 Å². The van der Waals surface area contributed by atoms with Gasteiger partial charge in [0, 0.05) is 36.1 Å². The number of pyridine rings is 1. The lowest BCUT2D eigenvalue weighted by atomic mass is 10.2. The van der Waals surface area contributed by atoms with Crippen LogP contribution < -0.4 is 0 Å². The topological polar surface area (TPSA) is 64.8 Å². The van der Waals surface area contributed by atoms with E-state index in [1.165, 1.54) is 29.1 Å². The molecule has 0 fully saturated rings. The first-order chi connectivity index (χ1) is 11.4. The van der Waals surface area contributed by atoms with Crippen LogP contribution in [0.4, 0.5) is 8.78 Å². The first kappa shape index (κ1) is 16.3. The van der Waals surface area contributed by atoms with E-state index in [2.05, 4.69) is 9.97 Å². The van der Waals surface area contributed by atoms with E-state index in [4.69, 9.17) is 0 Å². The number of imidazole rings is 1. The van der Waals surface area contributed by atoms with Crippen molar-refractivity contribution in [2.45, 2.75) is 11.3 Å². The Kier molecular flexibility index (Phi) is 4.15. The standard InChI is InChI=1S/C16H13F2N3O2S/c1-24(22,23)13-6-4-12(5-7-13)21-10-14(15(17)18)20-16(21)11-3-2-8-19-9-11/h2-10,15H,1H3. The summed E-state index contributed by atoms with van der Waals surface area (Å²) in [4.78, 5) is 8.11. The Bertz CT molecular complexity index is 953. The third kappa shape index (κ3) is 3.18. The molecule has 24 heavy (non-hydrogen) atoms. The molecule has 0 atom stereocenters. The van der Waals surface area contributed by atoms with Gasteiger partial charge in [-0.3, -0.25) is 9.55 Å². The summed E-state index contributed by atoms with van der Waals surface area (Å²) >= 11 is 0. The summed E-state index contributed by atoms with van der Waals surface area (Å²) in [6, 6.07) is 9.36. The minimum absolute atomic E-state index is 0.156. The Morgan fingerprint density at radius 3 is 2.38 bits per heavy atom. The predicted octanol–water partition coefficient (Wildman–Crippen LogP) is 3.28. The molecule has 0 aliphatic rings. The smallest absolute Gasteiger partial charge is 0.281 e. The molecule has 0 amide bonds. The highest BCUT2D eigenvalue weighted by molar-refractivity contribution is 7.90. The van der Waals surface area contributed by atoms with Crippen molar-refractivity contribution in [1.82, 2.24) is 14.5 Å². The molecular weight excluding hydrogens is 336 g/mol. The van der Waals surface area contributed by atoms with Crippen LogP contribution in [0.3, 0.4) is 0 Å². The third-order valence-electron chi connectivity index (χ3n) is 3.41. The summed E-state index contributed by atoms with van der Waals surface area (Å²) in [5.74, 6) is 0.311. The van der Waals surface area contributed by atoms with E-state index >= 15 is 0 Å². The Hall–Kier alpha value is -2.61. The molecule has 0 saturated carbocycles. The second-order valence-electron chi connectivity index (χ2n) is 5.17. The zero-order chi connectivity index (χ0) is 17.3. The molecule has 1 aromatic carbocycles. The third-order valence-corrected chi connectivity index (χ3v) is 4.54. The van der Waals surface area contributed by atoms with Crippen molar-refractivity contribution in [3.8, 4) is 17.1 Å². The van der Waals surface area contributed by atoms with Crippen molar-refractivity contribution in [3.63, 3.8) is 0 Å².